The summed E-state index contributed by atoms with van der Waals surface area (Å²) < 4.78 is 0. The number of aliphatic hydroxyl groups excluding tert-OH is 1. The van der Waals surface area contributed by atoms with Crippen molar-refractivity contribution in [3.63, 3.8) is 0 Å². The number of urea groups is 1. The second-order valence-electron chi connectivity index (χ2n) is 15.1. The van der Waals surface area contributed by atoms with Gasteiger partial charge in [0.15, 0.2) is 0 Å². The maximum atomic E-state index is 14.3. The predicted octanol–water partition coefficient (Wildman–Crippen LogP) is 9.30. The largest absolute Gasteiger partial charge is 0.393 e. The summed E-state index contributed by atoms with van der Waals surface area (Å²) in [6.45, 7) is 8.80. The van der Waals surface area contributed by atoms with Gasteiger partial charge in [0.05, 0.1) is 29.2 Å². The van der Waals surface area contributed by atoms with Crippen molar-refractivity contribution in [1.82, 2.24) is 10.2 Å². The normalized spacial score (nSPS) is 24.2. The van der Waals surface area contributed by atoms with E-state index in [1.165, 1.54) is 16.9 Å². The highest BCUT2D eigenvalue weighted by Gasteiger charge is 2.57. The lowest BCUT2D eigenvalue weighted by atomic mass is 9.64. The third-order valence-corrected chi connectivity index (χ3v) is 12.5. The second kappa shape index (κ2) is 15.7. The molecule has 0 radical (unpaired) electrons. The number of aliphatic hydroxyl groups is 2. The molecule has 3 aliphatic rings. The van der Waals surface area contributed by atoms with Crippen LogP contribution >= 0.6 is 11.3 Å². The fourth-order valence-electron chi connectivity index (χ4n) is 8.31. The molecule has 4 aromatic rings. The number of ketones is 1. The molecule has 1 aromatic heterocycles. The highest BCUT2D eigenvalue weighted by atomic mass is 32.1. The molecule has 1 fully saturated rings. The maximum absolute atomic E-state index is 14.3. The Morgan fingerprint density at radius 1 is 0.961 bits per heavy atom. The Kier molecular flexibility index (Phi) is 11.3. The molecule has 1 heterocycles. The van der Waals surface area contributed by atoms with E-state index in [0.29, 0.717) is 49.1 Å². The Hall–Kier alpha value is -4.04. The molecule has 6 nitrogen and oxygen atoms in total. The van der Waals surface area contributed by atoms with Gasteiger partial charge in [-0.25, -0.2) is 4.79 Å². The summed E-state index contributed by atoms with van der Waals surface area (Å²) in [5.41, 5.74) is 3.88. The highest BCUT2D eigenvalue weighted by Crippen LogP contribution is 2.59. The number of fused-ring (bicyclic) bond motifs is 8. The van der Waals surface area contributed by atoms with Gasteiger partial charge in [-0.3, -0.25) is 4.79 Å². The fraction of sp³-hybridized carbons (Fsp3) is 0.409. The second-order valence-corrected chi connectivity index (χ2v) is 16.4. The van der Waals surface area contributed by atoms with Crippen LogP contribution in [0.3, 0.4) is 0 Å². The van der Waals surface area contributed by atoms with Crippen LogP contribution in [0.5, 0.6) is 0 Å². The van der Waals surface area contributed by atoms with Crippen LogP contribution in [0.2, 0.25) is 0 Å². The number of thiophene rings is 1. The first-order valence-electron chi connectivity index (χ1n) is 18.4. The molecule has 3 N–H and O–H groups in total. The molecule has 1 saturated carbocycles. The van der Waals surface area contributed by atoms with Crippen molar-refractivity contribution in [3.8, 4) is 0 Å². The summed E-state index contributed by atoms with van der Waals surface area (Å²) in [6, 6.07) is 29.4. The van der Waals surface area contributed by atoms with Crippen molar-refractivity contribution in [1.29, 1.82) is 0 Å². The lowest BCUT2D eigenvalue weighted by molar-refractivity contribution is -0.0781. The summed E-state index contributed by atoms with van der Waals surface area (Å²) in [5, 5.41) is 27.2. The number of carbonyl (C=O) groups is 2. The van der Waals surface area contributed by atoms with Crippen LogP contribution in [-0.4, -0.2) is 45.2 Å². The molecular weight excluding hydrogens is 653 g/mol. The van der Waals surface area contributed by atoms with Crippen molar-refractivity contribution < 1.29 is 19.8 Å². The summed E-state index contributed by atoms with van der Waals surface area (Å²) in [5.74, 6) is -0.136. The number of carbonyl (C=O) groups excluding carboxylic acids is 2. The van der Waals surface area contributed by atoms with Gasteiger partial charge in [0.25, 0.3) is 0 Å². The maximum Gasteiger partial charge on any atom is 0.318 e. The Bertz CT molecular complexity index is 1850. The molecule has 2 amide bonds. The minimum atomic E-state index is -1.23. The molecule has 5 atom stereocenters. The molecule has 0 aliphatic heterocycles. The third-order valence-electron chi connectivity index (χ3n) is 11.5. The molecule has 268 valence electrons. The number of aryl methyl sites for hydroxylation is 1. The predicted molar refractivity (Wildman–Crippen MR) is 206 cm³/mol. The number of allylic oxidation sites excluding steroid dienone is 2. The number of benzene rings is 3. The molecule has 3 aromatic carbocycles. The Labute approximate surface area is 307 Å². The monoisotopic (exact) mass is 704 g/mol. The van der Waals surface area contributed by atoms with Crippen molar-refractivity contribution >= 4 is 23.2 Å². The molecular formula is C44H52N2O4S. The molecule has 5 unspecified atom stereocenters. The van der Waals surface area contributed by atoms with Gasteiger partial charge in [-0.15, -0.1) is 11.3 Å². The standard InChI is InChI=1S/C44H52N2O4S/c1-30-12-11-24-43(4)39(37-21-19-34(26-36(47)20-17-30)27-38(37)41(48)40-22-18-31(2)51-40)23-25-44(43,50)29-46(28-33-13-7-5-8-14-33)42(49)45-32(3)35-15-9-6-10-16-35/h5-10,12-16,18-19,21-22,27,32,36,39,47,50H,11,17,20,23-26,28-29H2,1-4H3,(H,45,49). The van der Waals surface area contributed by atoms with E-state index in [1.807, 2.05) is 92.7 Å². The topological polar surface area (TPSA) is 89.9 Å². The van der Waals surface area contributed by atoms with Crippen LogP contribution in [0, 0.1) is 12.3 Å². The van der Waals surface area contributed by atoms with E-state index >= 15 is 0 Å². The number of hydrogen-bond donors (Lipinski definition) is 3. The van der Waals surface area contributed by atoms with E-state index in [1.54, 1.807) is 4.90 Å². The lowest BCUT2D eigenvalue weighted by Gasteiger charge is -2.46. The number of nitrogens with zero attached hydrogens (tertiary/aromatic N) is 1. The van der Waals surface area contributed by atoms with Gasteiger partial charge in [0.2, 0.25) is 5.78 Å². The van der Waals surface area contributed by atoms with Gasteiger partial charge in [-0.2, -0.15) is 0 Å². The minimum Gasteiger partial charge on any atom is -0.393 e. The van der Waals surface area contributed by atoms with E-state index in [-0.39, 0.29) is 30.3 Å². The van der Waals surface area contributed by atoms with E-state index in [9.17, 15) is 19.8 Å². The van der Waals surface area contributed by atoms with Crippen LogP contribution < -0.4 is 5.32 Å². The summed E-state index contributed by atoms with van der Waals surface area (Å²) in [4.78, 5) is 32.0. The van der Waals surface area contributed by atoms with Crippen molar-refractivity contribution in [3.05, 3.63) is 140 Å². The SMILES string of the molecule is CC1=CCCC2(C)C(CCC2(O)CN(Cc2ccccc2)C(=O)NC(C)c2ccccc2)c2ccc(cc2C(=O)c2ccc(C)s2)CC(O)CC1. The van der Waals surface area contributed by atoms with Gasteiger partial charge in [0.1, 0.15) is 0 Å². The zero-order valence-electron chi connectivity index (χ0n) is 30.4. The molecule has 0 spiro atoms. The molecule has 7 heteroatoms. The van der Waals surface area contributed by atoms with E-state index < -0.39 is 17.1 Å². The minimum absolute atomic E-state index is 0.0138. The van der Waals surface area contributed by atoms with Crippen molar-refractivity contribution in [2.75, 3.05) is 6.54 Å². The summed E-state index contributed by atoms with van der Waals surface area (Å²) >= 11 is 1.50. The number of hydrogen-bond acceptors (Lipinski definition) is 5. The van der Waals surface area contributed by atoms with Crippen LogP contribution in [0.4, 0.5) is 4.79 Å². The zero-order valence-corrected chi connectivity index (χ0v) is 31.2. The van der Waals surface area contributed by atoms with Crippen LogP contribution in [0.25, 0.3) is 0 Å². The average Bonchev–Trinajstić information content (AvgIpc) is 3.67. The number of rotatable bonds is 8. The first-order chi connectivity index (χ1) is 24.5. The van der Waals surface area contributed by atoms with Gasteiger partial charge in [0, 0.05) is 22.4 Å². The van der Waals surface area contributed by atoms with Crippen LogP contribution in [-0.2, 0) is 13.0 Å². The van der Waals surface area contributed by atoms with E-state index in [0.717, 1.165) is 40.0 Å². The Morgan fingerprint density at radius 3 is 2.39 bits per heavy atom. The Morgan fingerprint density at radius 2 is 1.69 bits per heavy atom. The first kappa shape index (κ1) is 36.7. The fourth-order valence-corrected chi connectivity index (χ4v) is 9.13. The smallest absolute Gasteiger partial charge is 0.318 e. The van der Waals surface area contributed by atoms with E-state index in [2.05, 4.69) is 37.4 Å². The lowest BCUT2D eigenvalue weighted by Crippen LogP contribution is -2.55. The van der Waals surface area contributed by atoms with Crippen molar-refractivity contribution in [2.45, 2.75) is 103 Å². The third kappa shape index (κ3) is 8.22. The Balaban J connectivity index is 1.40. The average molecular weight is 705 g/mol. The zero-order chi connectivity index (χ0) is 36.2. The molecule has 7 rings (SSSR count). The summed E-state index contributed by atoms with van der Waals surface area (Å²) in [6.07, 6.45) is 6.27. The van der Waals surface area contributed by atoms with Gasteiger partial charge < -0.3 is 20.4 Å². The first-order valence-corrected chi connectivity index (χ1v) is 19.2. The van der Waals surface area contributed by atoms with Gasteiger partial charge in [-0.05, 0) is 112 Å². The molecule has 2 bridgehead atoms. The number of amides is 2. The molecule has 51 heavy (non-hydrogen) atoms. The van der Waals surface area contributed by atoms with Gasteiger partial charge in [-0.1, -0.05) is 91.4 Å². The highest BCUT2D eigenvalue weighted by molar-refractivity contribution is 7.14. The van der Waals surface area contributed by atoms with Crippen LogP contribution in [0.1, 0.15) is 114 Å². The van der Waals surface area contributed by atoms with E-state index in [4.69, 9.17) is 0 Å². The quantitative estimate of drug-likeness (QED) is 0.126. The summed E-state index contributed by atoms with van der Waals surface area (Å²) in [7, 11) is 0. The molecule has 0 saturated heterocycles. The van der Waals surface area contributed by atoms with Gasteiger partial charge >= 0.3 is 6.03 Å². The molecule has 3 aliphatic carbocycles. The van der Waals surface area contributed by atoms with Crippen LogP contribution in [0.15, 0.2) is 103 Å². The van der Waals surface area contributed by atoms with Crippen molar-refractivity contribution in [2.24, 2.45) is 5.41 Å². The number of nitrogens with one attached hydrogen (secondary N) is 1.